The second-order valence-electron chi connectivity index (χ2n) is 6.25. The minimum absolute atomic E-state index is 0.274. The minimum atomic E-state index is -3.42. The lowest BCUT2D eigenvalue weighted by molar-refractivity contribution is 0.194. The van der Waals surface area contributed by atoms with Gasteiger partial charge >= 0.3 is 7.60 Å². The number of aliphatic hydroxyl groups excluding tert-OH is 1. The van der Waals surface area contributed by atoms with E-state index in [4.69, 9.17) is 9.05 Å². The maximum atomic E-state index is 13.1. The van der Waals surface area contributed by atoms with Crippen LogP contribution in [0.5, 0.6) is 0 Å². The van der Waals surface area contributed by atoms with Gasteiger partial charge in [-0.1, -0.05) is 36.4 Å². The van der Waals surface area contributed by atoms with Crippen LogP contribution in [0.2, 0.25) is 0 Å². The lowest BCUT2D eigenvalue weighted by Crippen LogP contribution is -2.10. The van der Waals surface area contributed by atoms with Crippen LogP contribution < -0.4 is 0 Å². The molecule has 1 atom stereocenters. The van der Waals surface area contributed by atoms with Crippen LogP contribution in [0.4, 0.5) is 0 Å². The van der Waals surface area contributed by atoms with Crippen molar-refractivity contribution in [3.05, 3.63) is 70.6 Å². The van der Waals surface area contributed by atoms with E-state index >= 15 is 0 Å². The Morgan fingerprint density at radius 3 is 2.37 bits per heavy atom. The van der Waals surface area contributed by atoms with Crippen molar-refractivity contribution in [2.45, 2.75) is 25.9 Å². The third-order valence-electron chi connectivity index (χ3n) is 4.37. The van der Waals surface area contributed by atoms with Gasteiger partial charge in [0.1, 0.15) is 5.66 Å². The van der Waals surface area contributed by atoms with Crippen molar-refractivity contribution in [3.8, 4) is 0 Å². The summed E-state index contributed by atoms with van der Waals surface area (Å²) in [5.74, 6) is 0. The summed E-state index contributed by atoms with van der Waals surface area (Å²) >= 11 is 1.75. The van der Waals surface area contributed by atoms with Gasteiger partial charge < -0.3 is 14.2 Å². The van der Waals surface area contributed by atoms with Gasteiger partial charge in [0.2, 0.25) is 0 Å². The summed E-state index contributed by atoms with van der Waals surface area (Å²) in [5, 5.41) is 11.0. The van der Waals surface area contributed by atoms with Gasteiger partial charge in [-0.2, -0.15) is 0 Å². The molecule has 27 heavy (non-hydrogen) atoms. The Kier molecular flexibility index (Phi) is 6.85. The molecule has 3 aromatic rings. The molecule has 2 aromatic carbocycles. The van der Waals surface area contributed by atoms with Gasteiger partial charge in [-0.15, -0.1) is 11.3 Å². The molecule has 0 radical (unpaired) electrons. The Balaban J connectivity index is 1.91. The molecule has 0 saturated heterocycles. The molecule has 144 valence electrons. The first-order valence-electron chi connectivity index (χ1n) is 9.15. The van der Waals surface area contributed by atoms with Crippen LogP contribution in [-0.2, 0) is 20.0 Å². The number of thiophene rings is 1. The van der Waals surface area contributed by atoms with E-state index in [0.29, 0.717) is 0 Å². The average molecular weight is 404 g/mol. The first-order chi connectivity index (χ1) is 13.1. The van der Waals surface area contributed by atoms with Crippen LogP contribution in [0, 0.1) is 0 Å². The predicted octanol–water partition coefficient (Wildman–Crippen LogP) is 5.79. The lowest BCUT2D eigenvalue weighted by Gasteiger charge is -2.25. The molecule has 0 aliphatic rings. The quantitative estimate of drug-likeness (QED) is 0.459. The molecule has 0 fully saturated rings. The van der Waals surface area contributed by atoms with Gasteiger partial charge in [0.25, 0.3) is 0 Å². The Morgan fingerprint density at radius 2 is 1.74 bits per heavy atom. The SMILES string of the molecule is CCOP(=O)(OCC)C(CO)c1ccc2sc(Cc3ccccc3)cc2c1. The highest BCUT2D eigenvalue weighted by Crippen LogP contribution is 2.60. The molecule has 0 amide bonds. The van der Waals surface area contributed by atoms with Gasteiger partial charge in [0, 0.05) is 16.0 Å². The summed E-state index contributed by atoms with van der Waals surface area (Å²) in [6.07, 6.45) is 0.884. The zero-order chi connectivity index (χ0) is 19.3. The third kappa shape index (κ3) is 4.68. The first kappa shape index (κ1) is 20.2. The monoisotopic (exact) mass is 404 g/mol. The highest BCUT2D eigenvalue weighted by atomic mass is 32.1. The summed E-state index contributed by atoms with van der Waals surface area (Å²) in [6, 6.07) is 18.5. The largest absolute Gasteiger partial charge is 0.395 e. The second-order valence-corrected chi connectivity index (χ2v) is 9.63. The molecule has 0 saturated carbocycles. The number of rotatable bonds is 9. The maximum Gasteiger partial charge on any atom is 0.340 e. The summed E-state index contributed by atoms with van der Waals surface area (Å²) in [6.45, 7) is 3.81. The van der Waals surface area contributed by atoms with E-state index in [0.717, 1.165) is 17.4 Å². The van der Waals surface area contributed by atoms with E-state index in [1.54, 1.807) is 25.2 Å². The molecule has 1 unspecified atom stereocenters. The van der Waals surface area contributed by atoms with Crippen molar-refractivity contribution in [3.63, 3.8) is 0 Å². The summed E-state index contributed by atoms with van der Waals surface area (Å²) in [4.78, 5) is 1.27. The molecule has 1 N–H and O–H groups in total. The second kappa shape index (κ2) is 9.13. The van der Waals surface area contributed by atoms with Gasteiger partial charge in [-0.05, 0) is 48.6 Å². The van der Waals surface area contributed by atoms with Crippen molar-refractivity contribution < 1.29 is 18.7 Å². The molecule has 0 aliphatic carbocycles. The Bertz CT molecular complexity index is 912. The van der Waals surface area contributed by atoms with E-state index in [1.165, 1.54) is 15.1 Å². The smallest absolute Gasteiger partial charge is 0.340 e. The predicted molar refractivity (Wildman–Crippen MR) is 112 cm³/mol. The first-order valence-corrected chi connectivity index (χ1v) is 11.6. The molecule has 6 heteroatoms. The van der Waals surface area contributed by atoms with Crippen LogP contribution in [0.25, 0.3) is 10.1 Å². The van der Waals surface area contributed by atoms with Crippen LogP contribution in [0.1, 0.15) is 35.5 Å². The van der Waals surface area contributed by atoms with Crippen molar-refractivity contribution in [1.29, 1.82) is 0 Å². The fourth-order valence-electron chi connectivity index (χ4n) is 3.17. The molecule has 1 heterocycles. The number of hydrogen-bond donors (Lipinski definition) is 1. The average Bonchev–Trinajstić information content (AvgIpc) is 3.05. The summed E-state index contributed by atoms with van der Waals surface area (Å²) < 4.78 is 25.2. The zero-order valence-corrected chi connectivity index (χ0v) is 17.3. The number of fused-ring (bicyclic) bond motifs is 1. The van der Waals surface area contributed by atoms with E-state index in [1.807, 2.05) is 36.4 Å². The molecule has 4 nitrogen and oxygen atoms in total. The Morgan fingerprint density at radius 1 is 1.04 bits per heavy atom. The van der Waals surface area contributed by atoms with E-state index < -0.39 is 13.3 Å². The zero-order valence-electron chi connectivity index (χ0n) is 15.6. The highest BCUT2D eigenvalue weighted by Gasteiger charge is 2.36. The standard InChI is InChI=1S/C21H25O4PS/c1-3-24-26(23,25-4-2)20(15-22)17-10-11-21-18(13-17)14-19(27-21)12-16-8-6-5-7-9-16/h5-11,13-14,20,22H,3-4,12,15H2,1-2H3. The molecular weight excluding hydrogens is 379 g/mol. The Hall–Kier alpha value is -1.49. The topological polar surface area (TPSA) is 55.8 Å². The Labute approximate surface area is 164 Å². The van der Waals surface area contributed by atoms with Crippen molar-refractivity contribution in [1.82, 2.24) is 0 Å². The van der Waals surface area contributed by atoms with E-state index in [2.05, 4.69) is 18.2 Å². The van der Waals surface area contributed by atoms with Crippen LogP contribution >= 0.6 is 18.9 Å². The molecule has 0 aliphatic heterocycles. The molecule has 1 aromatic heterocycles. The fraction of sp³-hybridized carbons (Fsp3) is 0.333. The van der Waals surface area contributed by atoms with Gasteiger partial charge in [-0.3, -0.25) is 4.57 Å². The van der Waals surface area contributed by atoms with Crippen LogP contribution in [-0.4, -0.2) is 24.9 Å². The van der Waals surface area contributed by atoms with Crippen molar-refractivity contribution in [2.75, 3.05) is 19.8 Å². The molecule has 0 spiro atoms. The number of aliphatic hydroxyl groups is 1. The van der Waals surface area contributed by atoms with Crippen LogP contribution in [0.15, 0.2) is 54.6 Å². The van der Waals surface area contributed by atoms with Gasteiger partial charge in [-0.25, -0.2) is 0 Å². The number of benzene rings is 2. The van der Waals surface area contributed by atoms with Crippen molar-refractivity contribution >= 4 is 29.0 Å². The van der Waals surface area contributed by atoms with Gasteiger partial charge in [0.05, 0.1) is 19.8 Å². The van der Waals surface area contributed by atoms with Crippen molar-refractivity contribution in [2.24, 2.45) is 0 Å². The molecule has 0 bridgehead atoms. The molecular formula is C21H25O4PS. The molecule has 3 rings (SSSR count). The van der Waals surface area contributed by atoms with Gasteiger partial charge in [0.15, 0.2) is 0 Å². The van der Waals surface area contributed by atoms with Crippen LogP contribution in [0.3, 0.4) is 0 Å². The minimum Gasteiger partial charge on any atom is -0.395 e. The summed E-state index contributed by atoms with van der Waals surface area (Å²) in [7, 11) is -3.42. The fourth-order valence-corrected chi connectivity index (χ4v) is 6.13. The van der Waals surface area contributed by atoms with E-state index in [9.17, 15) is 9.67 Å². The normalized spacial score (nSPS) is 13.1. The summed E-state index contributed by atoms with van der Waals surface area (Å²) in [5.41, 5.74) is 1.37. The highest BCUT2D eigenvalue weighted by molar-refractivity contribution is 7.54. The number of hydrogen-bond acceptors (Lipinski definition) is 5. The third-order valence-corrected chi connectivity index (χ3v) is 7.95. The lowest BCUT2D eigenvalue weighted by atomic mass is 10.1. The maximum absolute atomic E-state index is 13.1. The van der Waals surface area contributed by atoms with E-state index in [-0.39, 0.29) is 19.8 Å².